The van der Waals surface area contributed by atoms with Gasteiger partial charge in [-0.05, 0) is 26.3 Å². The van der Waals surface area contributed by atoms with E-state index in [-0.39, 0.29) is 5.75 Å². The van der Waals surface area contributed by atoms with Crippen molar-refractivity contribution in [3.05, 3.63) is 44.6 Å². The molecule has 1 N–H and O–H groups in total. The Kier molecular flexibility index (Phi) is 3.92. The molecule has 3 aromatic heterocycles. The summed E-state index contributed by atoms with van der Waals surface area (Å²) in [5.74, 6) is 1.32. The summed E-state index contributed by atoms with van der Waals surface area (Å²) in [6.07, 6.45) is 1.07. The van der Waals surface area contributed by atoms with Crippen molar-refractivity contribution in [3.63, 3.8) is 0 Å². The monoisotopic (exact) mass is 334 g/mol. The van der Waals surface area contributed by atoms with E-state index in [0.29, 0.717) is 11.5 Å². The molecule has 0 amide bonds. The Bertz CT molecular complexity index is 915. The highest BCUT2D eigenvalue weighted by atomic mass is 32.2. The van der Waals surface area contributed by atoms with Crippen LogP contribution in [0.5, 0.6) is 5.75 Å². The minimum atomic E-state index is -0.437. The summed E-state index contributed by atoms with van der Waals surface area (Å²) in [5, 5.41) is 11.2. The summed E-state index contributed by atoms with van der Waals surface area (Å²) in [6.45, 7) is 6.01. The van der Waals surface area contributed by atoms with Gasteiger partial charge >= 0.3 is 0 Å². The first-order chi connectivity index (χ1) is 10.5. The lowest BCUT2D eigenvalue weighted by Gasteiger charge is -2.05. The van der Waals surface area contributed by atoms with Gasteiger partial charge in [-0.15, -0.1) is 11.3 Å². The molecule has 0 bridgehead atoms. The average molecular weight is 334 g/mol. The highest BCUT2D eigenvalue weighted by molar-refractivity contribution is 7.98. The maximum atomic E-state index is 11.4. The quantitative estimate of drug-likeness (QED) is 0.583. The second-order valence-electron chi connectivity index (χ2n) is 4.92. The molecule has 0 aromatic carbocycles. The molecule has 114 valence electrons. The van der Waals surface area contributed by atoms with Gasteiger partial charge in [0.1, 0.15) is 27.7 Å². The van der Waals surface area contributed by atoms with Gasteiger partial charge in [0.15, 0.2) is 5.75 Å². The van der Waals surface area contributed by atoms with Gasteiger partial charge in [-0.3, -0.25) is 4.79 Å². The molecule has 0 spiro atoms. The number of fused-ring (bicyclic) bond motifs is 1. The molecule has 3 aromatic rings. The number of thioether (sulfide) groups is 1. The summed E-state index contributed by atoms with van der Waals surface area (Å²) in [4.78, 5) is 22.7. The number of thiophene rings is 1. The van der Waals surface area contributed by atoms with Crippen LogP contribution in [0.2, 0.25) is 0 Å². The fourth-order valence-corrected chi connectivity index (χ4v) is 4.24. The fourth-order valence-electron chi connectivity index (χ4n) is 2.08. The Hall–Kier alpha value is -1.86. The molecule has 0 saturated carbocycles. The first-order valence-electron chi connectivity index (χ1n) is 6.63. The van der Waals surface area contributed by atoms with Gasteiger partial charge in [0.2, 0.25) is 5.43 Å². The van der Waals surface area contributed by atoms with Crippen molar-refractivity contribution in [2.75, 3.05) is 0 Å². The molecule has 0 aliphatic heterocycles. The maximum Gasteiger partial charge on any atom is 0.226 e. The third-order valence-electron chi connectivity index (χ3n) is 3.32. The Labute approximate surface area is 135 Å². The summed E-state index contributed by atoms with van der Waals surface area (Å²) >= 11 is 3.16. The second-order valence-corrected chi connectivity index (χ2v) is 7.09. The minimum Gasteiger partial charge on any atom is -0.502 e. The van der Waals surface area contributed by atoms with Crippen LogP contribution >= 0.6 is 23.1 Å². The topological polar surface area (TPSA) is 76.2 Å². The first kappa shape index (κ1) is 15.1. The maximum absolute atomic E-state index is 11.4. The molecule has 0 radical (unpaired) electrons. The van der Waals surface area contributed by atoms with Gasteiger partial charge in [0.05, 0.1) is 5.75 Å². The zero-order valence-corrected chi connectivity index (χ0v) is 14.0. The smallest absolute Gasteiger partial charge is 0.226 e. The van der Waals surface area contributed by atoms with Crippen LogP contribution in [0, 0.1) is 20.8 Å². The van der Waals surface area contributed by atoms with Crippen LogP contribution in [0.3, 0.4) is 0 Å². The van der Waals surface area contributed by atoms with Crippen molar-refractivity contribution < 1.29 is 9.52 Å². The van der Waals surface area contributed by atoms with E-state index in [1.54, 1.807) is 11.3 Å². The highest BCUT2D eigenvalue weighted by Gasteiger charge is 2.14. The van der Waals surface area contributed by atoms with E-state index in [0.717, 1.165) is 27.3 Å². The van der Waals surface area contributed by atoms with Crippen molar-refractivity contribution in [1.29, 1.82) is 0 Å². The number of rotatable bonds is 3. The van der Waals surface area contributed by atoms with Crippen LogP contribution in [0.25, 0.3) is 10.2 Å². The van der Waals surface area contributed by atoms with E-state index < -0.39 is 5.43 Å². The Morgan fingerprint density at radius 2 is 2.09 bits per heavy atom. The SMILES string of the molecule is Cc1nc(SCc2cc(=O)c(O)co2)c2c(C)c(C)sc2n1. The van der Waals surface area contributed by atoms with E-state index in [1.807, 2.05) is 6.92 Å². The van der Waals surface area contributed by atoms with Crippen molar-refractivity contribution >= 4 is 33.3 Å². The lowest BCUT2D eigenvalue weighted by atomic mass is 10.2. The molecule has 0 aliphatic rings. The van der Waals surface area contributed by atoms with Crippen LogP contribution in [-0.4, -0.2) is 15.1 Å². The van der Waals surface area contributed by atoms with Gasteiger partial charge in [-0.1, -0.05) is 11.8 Å². The predicted octanol–water partition coefficient (Wildman–Crippen LogP) is 3.57. The van der Waals surface area contributed by atoms with Crippen molar-refractivity contribution in [1.82, 2.24) is 9.97 Å². The minimum absolute atomic E-state index is 0.377. The highest BCUT2D eigenvalue weighted by Crippen LogP contribution is 2.36. The Morgan fingerprint density at radius 1 is 1.32 bits per heavy atom. The van der Waals surface area contributed by atoms with Gasteiger partial charge in [0, 0.05) is 16.3 Å². The molecule has 0 unspecified atom stereocenters. The average Bonchev–Trinajstić information content (AvgIpc) is 2.75. The van der Waals surface area contributed by atoms with Crippen LogP contribution in [0.15, 0.2) is 26.6 Å². The number of hydrogen-bond donors (Lipinski definition) is 1. The third-order valence-corrected chi connectivity index (χ3v) is 5.42. The van der Waals surface area contributed by atoms with Crippen molar-refractivity contribution in [2.45, 2.75) is 31.6 Å². The predicted molar refractivity (Wildman–Crippen MR) is 87.8 cm³/mol. The molecule has 5 nitrogen and oxygen atoms in total. The molecule has 0 atom stereocenters. The third kappa shape index (κ3) is 2.74. The number of aromatic hydroxyl groups is 1. The Balaban J connectivity index is 1.96. The normalized spacial score (nSPS) is 11.2. The second kappa shape index (κ2) is 5.73. The zero-order chi connectivity index (χ0) is 15.9. The van der Waals surface area contributed by atoms with Crippen molar-refractivity contribution in [2.24, 2.45) is 0 Å². The molecular weight excluding hydrogens is 320 g/mol. The van der Waals surface area contributed by atoms with Gasteiger partial charge in [-0.2, -0.15) is 0 Å². The lowest BCUT2D eigenvalue weighted by molar-refractivity contribution is 0.419. The zero-order valence-electron chi connectivity index (χ0n) is 12.3. The van der Waals surface area contributed by atoms with Gasteiger partial charge in [0.25, 0.3) is 0 Å². The number of nitrogens with zero attached hydrogens (tertiary/aromatic N) is 2. The number of aryl methyl sites for hydroxylation is 3. The van der Waals surface area contributed by atoms with Crippen LogP contribution in [-0.2, 0) is 5.75 Å². The van der Waals surface area contributed by atoms with Crippen LogP contribution < -0.4 is 5.43 Å². The van der Waals surface area contributed by atoms with Gasteiger partial charge in [-0.25, -0.2) is 9.97 Å². The molecule has 7 heteroatoms. The van der Waals surface area contributed by atoms with E-state index in [2.05, 4.69) is 23.8 Å². The molecule has 3 rings (SSSR count). The van der Waals surface area contributed by atoms with E-state index >= 15 is 0 Å². The molecule has 0 saturated heterocycles. The Morgan fingerprint density at radius 3 is 2.82 bits per heavy atom. The molecule has 22 heavy (non-hydrogen) atoms. The molecule has 0 aliphatic carbocycles. The first-order valence-corrected chi connectivity index (χ1v) is 8.43. The summed E-state index contributed by atoms with van der Waals surface area (Å²) in [6, 6.07) is 1.30. The van der Waals surface area contributed by atoms with Crippen molar-refractivity contribution in [3.8, 4) is 5.75 Å². The number of hydrogen-bond acceptors (Lipinski definition) is 7. The standard InChI is InChI=1S/C15H14N2O3S2/c1-7-8(2)22-15-13(7)14(16-9(3)17-15)21-6-10-4-11(18)12(19)5-20-10/h4-5,19H,6H2,1-3H3. The molecule has 3 heterocycles. The van der Waals surface area contributed by atoms with E-state index in [1.165, 1.54) is 28.3 Å². The van der Waals surface area contributed by atoms with E-state index in [4.69, 9.17) is 4.42 Å². The van der Waals surface area contributed by atoms with E-state index in [9.17, 15) is 9.90 Å². The van der Waals surface area contributed by atoms with Crippen LogP contribution in [0.4, 0.5) is 0 Å². The fraction of sp³-hybridized carbons (Fsp3) is 0.267. The summed E-state index contributed by atoms with van der Waals surface area (Å²) < 4.78 is 5.23. The van der Waals surface area contributed by atoms with Gasteiger partial charge < -0.3 is 9.52 Å². The van der Waals surface area contributed by atoms with Crippen LogP contribution in [0.1, 0.15) is 22.0 Å². The molecular formula is C15H14N2O3S2. The largest absolute Gasteiger partial charge is 0.502 e. The summed E-state index contributed by atoms with van der Waals surface area (Å²) in [5.41, 5.74) is 0.753. The summed E-state index contributed by atoms with van der Waals surface area (Å²) in [7, 11) is 0. The number of aromatic nitrogens is 2. The molecule has 0 fully saturated rings. The lowest BCUT2D eigenvalue weighted by Crippen LogP contribution is -1.99.